The molecule has 7 nitrogen and oxygen atoms in total. The van der Waals surface area contributed by atoms with Gasteiger partial charge in [-0.25, -0.2) is 4.39 Å². The van der Waals surface area contributed by atoms with Crippen molar-refractivity contribution in [3.63, 3.8) is 0 Å². The van der Waals surface area contributed by atoms with E-state index in [0.717, 1.165) is 18.5 Å². The second kappa shape index (κ2) is 9.32. The maximum Gasteiger partial charge on any atom is 0.306 e. The molecule has 0 saturated heterocycles. The number of ether oxygens (including phenoxy) is 2. The molecular weight excluding hydrogens is 415 g/mol. The van der Waals surface area contributed by atoms with Crippen LogP contribution >= 0.6 is 0 Å². The summed E-state index contributed by atoms with van der Waals surface area (Å²) in [6, 6.07) is 11.2. The largest absolute Gasteiger partial charge is 0.497 e. The molecule has 1 heterocycles. The highest BCUT2D eigenvalue weighted by atomic mass is 19.1. The number of rotatable bonds is 9. The zero-order chi connectivity index (χ0) is 22.7. The molecule has 8 heteroatoms. The number of carbonyl (C=O) groups is 1. The van der Waals surface area contributed by atoms with Crippen molar-refractivity contribution in [3.05, 3.63) is 71.4 Å². The predicted octanol–water partition coefficient (Wildman–Crippen LogP) is 4.26. The molecule has 2 N–H and O–H groups in total. The number of hydrogen-bond donors (Lipinski definition) is 2. The van der Waals surface area contributed by atoms with Crippen molar-refractivity contribution in [1.82, 2.24) is 9.97 Å². The molecule has 0 amide bonds. The fraction of sp³-hybridized carbons (Fsp3) is 0.292. The molecule has 0 aliphatic heterocycles. The van der Waals surface area contributed by atoms with Crippen molar-refractivity contribution in [3.8, 4) is 22.8 Å². The summed E-state index contributed by atoms with van der Waals surface area (Å²) in [7, 11) is 1.53. The van der Waals surface area contributed by atoms with Gasteiger partial charge in [-0.1, -0.05) is 12.1 Å². The van der Waals surface area contributed by atoms with Crippen LogP contribution in [0.5, 0.6) is 11.5 Å². The van der Waals surface area contributed by atoms with Crippen LogP contribution in [0.15, 0.2) is 48.7 Å². The van der Waals surface area contributed by atoms with E-state index in [1.54, 1.807) is 42.6 Å². The lowest BCUT2D eigenvalue weighted by Crippen LogP contribution is -2.07. The van der Waals surface area contributed by atoms with Crippen LogP contribution < -0.4 is 9.47 Å². The molecule has 1 atom stereocenters. The van der Waals surface area contributed by atoms with Crippen LogP contribution in [0, 0.1) is 5.82 Å². The summed E-state index contributed by atoms with van der Waals surface area (Å²) in [5.74, 6) is -0.216. The third kappa shape index (κ3) is 5.03. The summed E-state index contributed by atoms with van der Waals surface area (Å²) >= 11 is 0. The zero-order valence-electron chi connectivity index (χ0n) is 17.5. The molecule has 0 radical (unpaired) electrons. The Hall–Kier alpha value is -3.52. The fourth-order valence-electron chi connectivity index (χ4n) is 3.43. The quantitative estimate of drug-likeness (QED) is 0.515. The van der Waals surface area contributed by atoms with Crippen LogP contribution in [-0.2, 0) is 11.4 Å². The van der Waals surface area contributed by atoms with Crippen LogP contribution in [-0.4, -0.2) is 33.3 Å². The van der Waals surface area contributed by atoms with Gasteiger partial charge in [-0.3, -0.25) is 14.8 Å². The van der Waals surface area contributed by atoms with Gasteiger partial charge in [-0.05, 0) is 48.7 Å². The molecule has 2 aromatic carbocycles. The Morgan fingerprint density at radius 3 is 2.75 bits per heavy atom. The van der Waals surface area contributed by atoms with Crippen LogP contribution in [0.2, 0.25) is 0 Å². The van der Waals surface area contributed by atoms with Crippen LogP contribution in [0.3, 0.4) is 0 Å². The van der Waals surface area contributed by atoms with E-state index in [0.29, 0.717) is 34.0 Å². The van der Waals surface area contributed by atoms with E-state index >= 15 is 0 Å². The highest BCUT2D eigenvalue weighted by molar-refractivity contribution is 5.67. The zero-order valence-corrected chi connectivity index (χ0v) is 17.5. The highest BCUT2D eigenvalue weighted by Gasteiger charge is 2.30. The van der Waals surface area contributed by atoms with E-state index in [1.807, 2.05) is 0 Å². The van der Waals surface area contributed by atoms with Crippen molar-refractivity contribution >= 4 is 5.97 Å². The van der Waals surface area contributed by atoms with Crippen molar-refractivity contribution in [2.45, 2.75) is 37.9 Å². The lowest BCUT2D eigenvalue weighted by molar-refractivity contribution is -0.139. The first-order valence-corrected chi connectivity index (χ1v) is 10.3. The summed E-state index contributed by atoms with van der Waals surface area (Å²) in [6.45, 7) is 0.131. The Morgan fingerprint density at radius 2 is 2.03 bits per heavy atom. The number of carboxylic acid groups (broad SMARTS) is 1. The number of benzene rings is 2. The number of hydrogen-bond acceptors (Lipinski definition) is 6. The molecule has 32 heavy (non-hydrogen) atoms. The van der Waals surface area contributed by atoms with E-state index in [2.05, 4.69) is 4.98 Å². The van der Waals surface area contributed by atoms with Crippen LogP contribution in [0.25, 0.3) is 11.3 Å². The molecule has 0 unspecified atom stereocenters. The Kier molecular flexibility index (Phi) is 6.32. The van der Waals surface area contributed by atoms with Gasteiger partial charge in [0.1, 0.15) is 23.9 Å². The minimum atomic E-state index is -1.12. The Labute approximate surface area is 184 Å². The first-order valence-electron chi connectivity index (χ1n) is 10.3. The number of aliphatic hydroxyl groups excluding tert-OH is 1. The van der Waals surface area contributed by atoms with Gasteiger partial charge in [0.25, 0.3) is 0 Å². The highest BCUT2D eigenvalue weighted by Crippen LogP contribution is 2.43. The molecule has 0 bridgehead atoms. The minimum Gasteiger partial charge on any atom is -0.497 e. The minimum absolute atomic E-state index is 0.131. The average Bonchev–Trinajstić information content (AvgIpc) is 3.63. The SMILES string of the molecule is COc1ccc(F)c(-c2ncc(COc3cccc([C@H](O)CC(=O)O)c3)nc2C2CC2)c1. The average molecular weight is 438 g/mol. The van der Waals surface area contributed by atoms with E-state index in [1.165, 1.54) is 13.2 Å². The van der Waals surface area contributed by atoms with Gasteiger partial charge in [0.05, 0.1) is 42.9 Å². The molecule has 1 aliphatic carbocycles. The molecule has 1 saturated carbocycles. The monoisotopic (exact) mass is 438 g/mol. The van der Waals surface area contributed by atoms with E-state index in [4.69, 9.17) is 19.6 Å². The number of aromatic nitrogens is 2. The first kappa shape index (κ1) is 21.7. The Balaban J connectivity index is 1.54. The number of aliphatic hydroxyl groups is 1. The smallest absolute Gasteiger partial charge is 0.306 e. The molecule has 1 fully saturated rings. The summed E-state index contributed by atoms with van der Waals surface area (Å²) in [5, 5.41) is 18.9. The van der Waals surface area contributed by atoms with Gasteiger partial charge >= 0.3 is 5.97 Å². The van der Waals surface area contributed by atoms with Crippen molar-refractivity contribution in [1.29, 1.82) is 0 Å². The molecule has 3 aromatic rings. The van der Waals surface area contributed by atoms with Crippen LogP contribution in [0.1, 0.15) is 48.2 Å². The summed E-state index contributed by atoms with van der Waals surface area (Å²) in [4.78, 5) is 20.0. The topological polar surface area (TPSA) is 102 Å². The van der Waals surface area contributed by atoms with E-state index < -0.39 is 12.1 Å². The maximum atomic E-state index is 14.5. The molecule has 0 spiro atoms. The van der Waals surface area contributed by atoms with Crippen molar-refractivity contribution in [2.24, 2.45) is 0 Å². The molecular formula is C24H23FN2O5. The molecule has 166 valence electrons. The third-order valence-electron chi connectivity index (χ3n) is 5.24. The van der Waals surface area contributed by atoms with Gasteiger partial charge in [-0.2, -0.15) is 0 Å². The Bertz CT molecular complexity index is 1130. The van der Waals surface area contributed by atoms with Gasteiger partial charge < -0.3 is 19.7 Å². The molecule has 1 aliphatic rings. The lowest BCUT2D eigenvalue weighted by atomic mass is 10.1. The van der Waals surface area contributed by atoms with E-state index in [9.17, 15) is 14.3 Å². The standard InChI is InChI=1S/C24H23FN2O5/c1-31-17-7-8-20(25)19(10-17)24-23(14-5-6-14)27-16(12-26-24)13-32-18-4-2-3-15(9-18)21(28)11-22(29)30/h2-4,7-10,12,14,21,28H,5-6,11,13H2,1H3,(H,29,30)/t21-/m1/s1. The lowest BCUT2D eigenvalue weighted by Gasteiger charge is -2.13. The third-order valence-corrected chi connectivity index (χ3v) is 5.24. The second-order valence-corrected chi connectivity index (χ2v) is 7.69. The number of carboxylic acids is 1. The summed E-state index contributed by atoms with van der Waals surface area (Å²) < 4.78 is 25.5. The van der Waals surface area contributed by atoms with Crippen LogP contribution in [0.4, 0.5) is 4.39 Å². The number of methoxy groups -OCH3 is 1. The predicted molar refractivity (Wildman–Crippen MR) is 114 cm³/mol. The van der Waals surface area contributed by atoms with Crippen molar-refractivity contribution in [2.75, 3.05) is 7.11 Å². The number of aliphatic carboxylic acids is 1. The first-order chi connectivity index (χ1) is 15.4. The summed E-state index contributed by atoms with van der Waals surface area (Å²) in [6.07, 6.45) is 2.00. The van der Waals surface area contributed by atoms with Gasteiger partial charge in [0.15, 0.2) is 0 Å². The van der Waals surface area contributed by atoms with Gasteiger partial charge in [0, 0.05) is 11.5 Å². The molecule has 4 rings (SSSR count). The normalized spacial score (nSPS) is 14.1. The Morgan fingerprint density at radius 1 is 1.22 bits per heavy atom. The molecule has 1 aromatic heterocycles. The number of nitrogens with zero attached hydrogens (tertiary/aromatic N) is 2. The maximum absolute atomic E-state index is 14.5. The fourth-order valence-corrected chi connectivity index (χ4v) is 3.43. The van der Waals surface area contributed by atoms with Gasteiger partial charge in [0.2, 0.25) is 0 Å². The van der Waals surface area contributed by atoms with Gasteiger partial charge in [-0.15, -0.1) is 0 Å². The van der Waals surface area contributed by atoms with E-state index in [-0.39, 0.29) is 24.8 Å². The number of halogens is 1. The van der Waals surface area contributed by atoms with Crippen molar-refractivity contribution < 1.29 is 28.9 Å². The summed E-state index contributed by atoms with van der Waals surface area (Å²) in [5.41, 5.74) is 2.65. The second-order valence-electron chi connectivity index (χ2n) is 7.69.